The van der Waals surface area contributed by atoms with Crippen LogP contribution < -0.4 is 5.32 Å². The van der Waals surface area contributed by atoms with Crippen LogP contribution in [0.3, 0.4) is 0 Å². The topological polar surface area (TPSA) is 45.0 Å². The smallest absolute Gasteiger partial charge is 0.194 e. The van der Waals surface area contributed by atoms with Crippen LogP contribution in [0.1, 0.15) is 29.8 Å². The van der Waals surface area contributed by atoms with Gasteiger partial charge in [0.2, 0.25) is 0 Å². The fraction of sp³-hybridized carbons (Fsp3) is 0.522. The Kier molecular flexibility index (Phi) is 7.72. The summed E-state index contributed by atoms with van der Waals surface area (Å²) < 4.78 is 7.74. The predicted molar refractivity (Wildman–Crippen MR) is 119 cm³/mol. The molecule has 0 spiro atoms. The van der Waals surface area contributed by atoms with Crippen molar-refractivity contribution in [1.29, 1.82) is 0 Å². The molecule has 0 radical (unpaired) electrons. The Hall–Kier alpha value is -2.31. The second-order valence-electron chi connectivity index (χ2n) is 7.74. The van der Waals surface area contributed by atoms with Crippen molar-refractivity contribution in [2.75, 3.05) is 46.4 Å². The Morgan fingerprint density at radius 2 is 2.03 bits per heavy atom. The van der Waals surface area contributed by atoms with Crippen molar-refractivity contribution in [2.45, 2.75) is 26.4 Å². The molecule has 1 aromatic heterocycles. The summed E-state index contributed by atoms with van der Waals surface area (Å²) in [5.41, 5.74) is 3.88. The van der Waals surface area contributed by atoms with Crippen molar-refractivity contribution in [1.82, 2.24) is 19.7 Å². The summed E-state index contributed by atoms with van der Waals surface area (Å²) in [6.45, 7) is 10.1. The summed E-state index contributed by atoms with van der Waals surface area (Å²) in [5, 5.41) is 3.46. The van der Waals surface area contributed by atoms with E-state index in [0.29, 0.717) is 0 Å². The molecule has 1 aromatic carbocycles. The third-order valence-electron chi connectivity index (χ3n) is 5.47. The highest BCUT2D eigenvalue weighted by Gasteiger charge is 2.23. The first-order chi connectivity index (χ1) is 14.1. The van der Waals surface area contributed by atoms with Crippen LogP contribution in [0.5, 0.6) is 0 Å². The highest BCUT2D eigenvalue weighted by molar-refractivity contribution is 5.79. The molecule has 2 heterocycles. The van der Waals surface area contributed by atoms with E-state index in [2.05, 4.69) is 90.2 Å². The van der Waals surface area contributed by atoms with Crippen LogP contribution in [0.15, 0.2) is 47.6 Å². The van der Waals surface area contributed by atoms with Gasteiger partial charge in [-0.3, -0.25) is 9.89 Å². The minimum absolute atomic E-state index is 0.260. The zero-order chi connectivity index (χ0) is 20.6. The van der Waals surface area contributed by atoms with Crippen LogP contribution in [0.25, 0.3) is 0 Å². The first-order valence-corrected chi connectivity index (χ1v) is 10.6. The van der Waals surface area contributed by atoms with Crippen LogP contribution in [0, 0.1) is 6.92 Å². The molecule has 1 fully saturated rings. The van der Waals surface area contributed by atoms with Gasteiger partial charge in [-0.2, -0.15) is 0 Å². The van der Waals surface area contributed by atoms with Crippen molar-refractivity contribution in [2.24, 2.45) is 12.0 Å². The highest BCUT2D eigenvalue weighted by Crippen LogP contribution is 2.23. The van der Waals surface area contributed by atoms with E-state index in [1.165, 1.54) is 16.8 Å². The van der Waals surface area contributed by atoms with Crippen molar-refractivity contribution >= 4 is 5.96 Å². The zero-order valence-electron chi connectivity index (χ0n) is 18.3. The lowest BCUT2D eigenvalue weighted by atomic mass is 10.0. The molecule has 6 heteroatoms. The van der Waals surface area contributed by atoms with Crippen LogP contribution in [-0.2, 0) is 18.3 Å². The average molecular weight is 398 g/mol. The number of aliphatic imine (C=N–C) groups is 1. The molecule has 158 valence electrons. The van der Waals surface area contributed by atoms with Gasteiger partial charge in [0.1, 0.15) is 0 Å². The van der Waals surface area contributed by atoms with E-state index in [0.717, 1.165) is 51.9 Å². The number of guanidine groups is 1. The Labute approximate surface area is 175 Å². The first-order valence-electron chi connectivity index (χ1n) is 10.6. The second kappa shape index (κ2) is 10.5. The van der Waals surface area contributed by atoms with Gasteiger partial charge in [0.15, 0.2) is 5.96 Å². The Morgan fingerprint density at radius 1 is 1.24 bits per heavy atom. The number of ether oxygens (including phenoxy) is 1. The molecule has 2 aromatic rings. The quantitative estimate of drug-likeness (QED) is 0.576. The van der Waals surface area contributed by atoms with E-state index in [9.17, 15) is 0 Å². The average Bonchev–Trinajstić information content (AvgIpc) is 3.12. The molecule has 1 unspecified atom stereocenters. The maximum Gasteiger partial charge on any atom is 0.194 e. The fourth-order valence-corrected chi connectivity index (χ4v) is 3.82. The zero-order valence-corrected chi connectivity index (χ0v) is 18.3. The van der Waals surface area contributed by atoms with Crippen LogP contribution in [0.4, 0.5) is 0 Å². The number of morpholine rings is 1. The minimum Gasteiger partial charge on any atom is -0.379 e. The van der Waals surface area contributed by atoms with Gasteiger partial charge in [-0.15, -0.1) is 0 Å². The van der Waals surface area contributed by atoms with Crippen LogP contribution >= 0.6 is 0 Å². The third kappa shape index (κ3) is 5.84. The molecule has 1 atom stereocenters. The first kappa shape index (κ1) is 21.4. The molecule has 1 saturated heterocycles. The number of hydrogen-bond acceptors (Lipinski definition) is 3. The molecule has 3 rings (SSSR count). The van der Waals surface area contributed by atoms with Gasteiger partial charge in [0.05, 0.1) is 32.3 Å². The molecule has 0 aliphatic carbocycles. The van der Waals surface area contributed by atoms with Crippen LogP contribution in [-0.4, -0.2) is 66.8 Å². The molecule has 1 N–H and O–H groups in total. The molecule has 0 bridgehead atoms. The third-order valence-corrected chi connectivity index (χ3v) is 5.47. The van der Waals surface area contributed by atoms with Crippen molar-refractivity contribution in [3.8, 4) is 0 Å². The molecule has 6 nitrogen and oxygen atoms in total. The molecule has 0 saturated carbocycles. The molecular weight excluding hydrogens is 362 g/mol. The molecule has 1 aliphatic rings. The SMILES string of the molecule is CCNC(=NCC(c1cccc(C)c1)N1CCOCC1)N(C)Cc1cccn1C. The maximum absolute atomic E-state index is 5.58. The van der Waals surface area contributed by atoms with Gasteiger partial charge in [-0.25, -0.2) is 0 Å². The fourth-order valence-electron chi connectivity index (χ4n) is 3.82. The van der Waals surface area contributed by atoms with Gasteiger partial charge in [-0.05, 0) is 31.5 Å². The lowest BCUT2D eigenvalue weighted by Crippen LogP contribution is -2.42. The van der Waals surface area contributed by atoms with E-state index < -0.39 is 0 Å². The summed E-state index contributed by atoms with van der Waals surface area (Å²) >= 11 is 0. The highest BCUT2D eigenvalue weighted by atomic mass is 16.5. The largest absolute Gasteiger partial charge is 0.379 e. The number of nitrogens with zero attached hydrogens (tertiary/aromatic N) is 4. The normalized spacial score (nSPS) is 16.6. The van der Waals surface area contributed by atoms with Gasteiger partial charge in [0.25, 0.3) is 0 Å². The van der Waals surface area contributed by atoms with E-state index in [1.54, 1.807) is 0 Å². The Bertz CT molecular complexity index is 794. The predicted octanol–water partition coefficient (Wildman–Crippen LogP) is 2.80. The van der Waals surface area contributed by atoms with E-state index in [1.807, 2.05) is 0 Å². The van der Waals surface area contributed by atoms with E-state index in [-0.39, 0.29) is 6.04 Å². The number of aromatic nitrogens is 1. The number of hydrogen-bond donors (Lipinski definition) is 1. The number of benzene rings is 1. The van der Waals surface area contributed by atoms with Crippen molar-refractivity contribution in [3.05, 3.63) is 59.4 Å². The monoisotopic (exact) mass is 397 g/mol. The van der Waals surface area contributed by atoms with Gasteiger partial charge in [-0.1, -0.05) is 29.8 Å². The lowest BCUT2D eigenvalue weighted by molar-refractivity contribution is 0.0179. The summed E-state index contributed by atoms with van der Waals surface area (Å²) in [7, 11) is 4.18. The van der Waals surface area contributed by atoms with Crippen molar-refractivity contribution in [3.63, 3.8) is 0 Å². The summed E-state index contributed by atoms with van der Waals surface area (Å²) in [6.07, 6.45) is 2.08. The van der Waals surface area contributed by atoms with Crippen LogP contribution in [0.2, 0.25) is 0 Å². The summed E-state index contributed by atoms with van der Waals surface area (Å²) in [6, 6.07) is 13.3. The molecular formula is C23H35N5O. The summed E-state index contributed by atoms with van der Waals surface area (Å²) in [4.78, 5) is 9.75. The molecule has 29 heavy (non-hydrogen) atoms. The summed E-state index contributed by atoms with van der Waals surface area (Å²) in [5.74, 6) is 0.944. The number of aryl methyl sites for hydroxylation is 2. The standard InChI is InChI=1S/C23H35N5O/c1-5-24-23(27(4)18-21-10-7-11-26(21)3)25-17-22(28-12-14-29-15-13-28)20-9-6-8-19(2)16-20/h6-11,16,22H,5,12-15,17-18H2,1-4H3,(H,24,25). The Balaban J connectivity index is 1.79. The minimum atomic E-state index is 0.260. The Morgan fingerprint density at radius 3 is 2.69 bits per heavy atom. The van der Waals surface area contributed by atoms with E-state index in [4.69, 9.17) is 9.73 Å². The van der Waals surface area contributed by atoms with Gasteiger partial charge < -0.3 is 19.5 Å². The number of rotatable bonds is 7. The van der Waals surface area contributed by atoms with Gasteiger partial charge in [0, 0.05) is 45.6 Å². The van der Waals surface area contributed by atoms with Crippen molar-refractivity contribution < 1.29 is 4.74 Å². The van der Waals surface area contributed by atoms with Gasteiger partial charge >= 0.3 is 0 Å². The van der Waals surface area contributed by atoms with E-state index >= 15 is 0 Å². The second-order valence-corrected chi connectivity index (χ2v) is 7.74. The molecule has 0 amide bonds. The maximum atomic E-state index is 5.58. The molecule has 1 aliphatic heterocycles. The number of nitrogens with one attached hydrogen (secondary N) is 1. The lowest BCUT2D eigenvalue weighted by Gasteiger charge is -2.34.